The number of halogens is 3. The number of aldehydes is 1. The summed E-state index contributed by atoms with van der Waals surface area (Å²) in [6, 6.07) is 12.3. The van der Waals surface area contributed by atoms with Crippen LogP contribution >= 0.6 is 0 Å². The van der Waals surface area contributed by atoms with Gasteiger partial charge in [0.1, 0.15) is 36.0 Å². The van der Waals surface area contributed by atoms with E-state index in [2.05, 4.69) is 20.6 Å². The number of carbonyl (C=O) groups is 1. The smallest absolute Gasteiger partial charge is 0.422 e. The zero-order valence-corrected chi connectivity index (χ0v) is 21.1. The van der Waals surface area contributed by atoms with Crippen molar-refractivity contribution in [1.82, 2.24) is 20.6 Å². The molecule has 1 aliphatic carbocycles. The molecule has 2 aliphatic rings. The molecule has 40 heavy (non-hydrogen) atoms. The number of nitrogens with zero attached hydrogens (tertiary/aromatic N) is 3. The highest BCUT2D eigenvalue weighted by Gasteiger charge is 2.43. The van der Waals surface area contributed by atoms with Gasteiger partial charge in [0, 0.05) is 28.7 Å². The largest absolute Gasteiger partial charge is 0.491 e. The minimum atomic E-state index is -4.79. The third-order valence-electron chi connectivity index (χ3n) is 7.60. The molecule has 2 aromatic carbocycles. The number of nitrogens with one attached hydrogen (secondary N) is 1. The van der Waals surface area contributed by atoms with E-state index in [0.29, 0.717) is 23.4 Å². The lowest BCUT2D eigenvalue weighted by molar-refractivity contribution is -0.137. The Hall–Kier alpha value is -4.03. The molecular formula is C28H25F3N4O5. The summed E-state index contributed by atoms with van der Waals surface area (Å²) in [7, 11) is 0. The van der Waals surface area contributed by atoms with E-state index in [4.69, 9.17) is 13.8 Å². The van der Waals surface area contributed by atoms with Crippen LogP contribution in [0.25, 0.3) is 34.3 Å². The molecule has 9 nitrogen and oxygen atoms in total. The predicted molar refractivity (Wildman–Crippen MR) is 135 cm³/mol. The van der Waals surface area contributed by atoms with Gasteiger partial charge in [-0.3, -0.25) is 0 Å². The van der Waals surface area contributed by atoms with E-state index >= 15 is 0 Å². The van der Waals surface area contributed by atoms with Gasteiger partial charge >= 0.3 is 6.18 Å². The molecular weight excluding hydrogens is 529 g/mol. The van der Waals surface area contributed by atoms with E-state index in [9.17, 15) is 23.1 Å². The number of hydrogen-bond acceptors (Lipinski definition) is 9. The predicted octanol–water partition coefficient (Wildman–Crippen LogP) is 5.22. The average Bonchev–Trinajstić information content (AvgIpc) is 3.73. The monoisotopic (exact) mass is 554 g/mol. The molecule has 1 saturated carbocycles. The molecule has 3 heterocycles. The number of rotatable bonds is 7. The van der Waals surface area contributed by atoms with Crippen molar-refractivity contribution in [2.75, 3.05) is 13.2 Å². The molecule has 0 spiro atoms. The highest BCUT2D eigenvalue weighted by molar-refractivity contribution is 5.71. The van der Waals surface area contributed by atoms with Crippen LogP contribution in [0.15, 0.2) is 57.6 Å². The number of carbonyl (C=O) groups excluding carboxylic acids is 1. The number of aromatic nitrogens is 3. The Morgan fingerprint density at radius 2 is 1.82 bits per heavy atom. The molecule has 6 rings (SSSR count). The summed E-state index contributed by atoms with van der Waals surface area (Å²) >= 11 is 0. The van der Waals surface area contributed by atoms with Crippen molar-refractivity contribution in [2.45, 2.75) is 44.0 Å². The third kappa shape index (κ3) is 4.77. The van der Waals surface area contributed by atoms with Crippen LogP contribution in [0.5, 0.6) is 5.75 Å². The van der Waals surface area contributed by atoms with Crippen LogP contribution in [0.4, 0.5) is 13.2 Å². The molecule has 12 heteroatoms. The molecule has 2 N–H and O–H groups in total. The fourth-order valence-corrected chi connectivity index (χ4v) is 5.38. The van der Waals surface area contributed by atoms with Gasteiger partial charge < -0.3 is 29.0 Å². The summed E-state index contributed by atoms with van der Waals surface area (Å²) in [5.74, 6) is -0.756. The van der Waals surface area contributed by atoms with Gasteiger partial charge in [-0.25, -0.2) is 0 Å². The molecule has 0 saturated heterocycles. The molecule has 4 aromatic rings. The Morgan fingerprint density at radius 1 is 1.05 bits per heavy atom. The Labute approximate surface area is 226 Å². The van der Waals surface area contributed by atoms with Crippen LogP contribution in [0.1, 0.15) is 42.9 Å². The molecule has 2 aromatic heterocycles. The van der Waals surface area contributed by atoms with Crippen LogP contribution < -0.4 is 10.1 Å². The van der Waals surface area contributed by atoms with Crippen molar-refractivity contribution < 1.29 is 36.9 Å². The number of hydrogen-bond donors (Lipinski definition) is 2. The zero-order valence-electron chi connectivity index (χ0n) is 21.1. The zero-order chi connectivity index (χ0) is 27.9. The van der Waals surface area contributed by atoms with Crippen molar-refractivity contribution in [3.63, 3.8) is 0 Å². The summed E-state index contributed by atoms with van der Waals surface area (Å²) in [6.45, 7) is 0.632. The number of benzene rings is 2. The van der Waals surface area contributed by atoms with Gasteiger partial charge in [0.05, 0.1) is 6.04 Å². The topological polar surface area (TPSA) is 124 Å². The minimum Gasteiger partial charge on any atom is -0.491 e. The molecule has 2 atom stereocenters. The lowest BCUT2D eigenvalue weighted by atomic mass is 9.87. The lowest BCUT2D eigenvalue weighted by Crippen LogP contribution is -2.47. The number of fused-ring (bicyclic) bond motifs is 1. The molecule has 1 fully saturated rings. The van der Waals surface area contributed by atoms with E-state index in [0.717, 1.165) is 32.0 Å². The Bertz CT molecular complexity index is 1510. The third-order valence-corrected chi connectivity index (χ3v) is 7.60. The van der Waals surface area contributed by atoms with Crippen molar-refractivity contribution in [1.29, 1.82) is 0 Å². The van der Waals surface area contributed by atoms with Crippen molar-refractivity contribution in [3.8, 4) is 40.0 Å². The second-order valence-electron chi connectivity index (χ2n) is 10.2. The van der Waals surface area contributed by atoms with Crippen molar-refractivity contribution >= 4 is 6.29 Å². The van der Waals surface area contributed by atoms with Crippen molar-refractivity contribution in [2.24, 2.45) is 5.41 Å². The lowest BCUT2D eigenvalue weighted by Gasteiger charge is -2.33. The summed E-state index contributed by atoms with van der Waals surface area (Å²) in [4.78, 5) is 15.8. The number of ether oxygens (including phenoxy) is 1. The van der Waals surface area contributed by atoms with Crippen LogP contribution in [0.2, 0.25) is 0 Å². The van der Waals surface area contributed by atoms with E-state index in [1.165, 1.54) is 12.1 Å². The van der Waals surface area contributed by atoms with Gasteiger partial charge in [0.15, 0.2) is 0 Å². The summed E-state index contributed by atoms with van der Waals surface area (Å²) in [5.41, 5.74) is -0.725. The fourth-order valence-electron chi connectivity index (χ4n) is 5.38. The second kappa shape index (κ2) is 10.2. The maximum absolute atomic E-state index is 14.0. The Morgan fingerprint density at radius 3 is 2.55 bits per heavy atom. The number of aliphatic hydroxyl groups is 1. The molecule has 208 valence electrons. The van der Waals surface area contributed by atoms with Gasteiger partial charge in [-0.15, -0.1) is 0 Å². The summed E-state index contributed by atoms with van der Waals surface area (Å²) in [5, 5.41) is 21.7. The van der Waals surface area contributed by atoms with Crippen LogP contribution in [-0.4, -0.2) is 45.9 Å². The highest BCUT2D eigenvalue weighted by Crippen LogP contribution is 2.43. The van der Waals surface area contributed by atoms with Crippen LogP contribution in [0.3, 0.4) is 0 Å². The van der Waals surface area contributed by atoms with E-state index in [1.54, 1.807) is 36.4 Å². The molecule has 0 unspecified atom stereocenters. The first kappa shape index (κ1) is 26.2. The number of alkyl halides is 3. The minimum absolute atomic E-state index is 0.0103. The van der Waals surface area contributed by atoms with E-state index in [1.807, 2.05) is 0 Å². The van der Waals surface area contributed by atoms with Gasteiger partial charge in [-0.1, -0.05) is 65.6 Å². The highest BCUT2D eigenvalue weighted by atomic mass is 19.4. The molecule has 0 bridgehead atoms. The average molecular weight is 555 g/mol. The Kier molecular flexibility index (Phi) is 6.67. The van der Waals surface area contributed by atoms with Gasteiger partial charge in [0.25, 0.3) is 5.89 Å². The maximum atomic E-state index is 14.0. The van der Waals surface area contributed by atoms with Gasteiger partial charge in [-0.05, 0) is 18.9 Å². The second-order valence-corrected chi connectivity index (χ2v) is 10.2. The van der Waals surface area contributed by atoms with Crippen LogP contribution in [-0.2, 0) is 11.0 Å². The first-order valence-corrected chi connectivity index (χ1v) is 12.9. The first-order chi connectivity index (χ1) is 19.3. The van der Waals surface area contributed by atoms with Gasteiger partial charge in [-0.2, -0.15) is 18.2 Å². The SMILES string of the molecule is O=CC1(CN[C@H]2COc3cc(-c4noc(-c5onc(-c6ccccc6)c5C(F)(F)F)n4)ccc3[C@H]2O)CCCC1. The van der Waals surface area contributed by atoms with E-state index in [-0.39, 0.29) is 23.7 Å². The number of aliphatic hydroxyl groups excluding tert-OH is 1. The first-order valence-electron chi connectivity index (χ1n) is 12.9. The standard InChI is InChI=1S/C28H25F3N4O5/c29-28(30,31)21-22(16-6-2-1-3-7-16)34-39-24(21)26-33-25(35-40-26)17-8-9-18-20(12-17)38-13-19(23(18)37)32-14-27(15-36)10-4-5-11-27/h1-3,6-9,12,15,19,23,32,37H,4-5,10-11,13-14H2/t19-,23+/m0/s1. The van der Waals surface area contributed by atoms with E-state index < -0.39 is 41.0 Å². The van der Waals surface area contributed by atoms with Crippen LogP contribution in [0, 0.1) is 5.41 Å². The molecule has 0 radical (unpaired) electrons. The maximum Gasteiger partial charge on any atom is 0.422 e. The van der Waals surface area contributed by atoms with Gasteiger partial charge in [0.2, 0.25) is 11.6 Å². The normalized spacial score (nSPS) is 20.2. The summed E-state index contributed by atoms with van der Waals surface area (Å²) < 4.78 is 58.2. The van der Waals surface area contributed by atoms with Crippen molar-refractivity contribution in [3.05, 3.63) is 59.7 Å². The quantitative estimate of drug-likeness (QED) is 0.296. The summed E-state index contributed by atoms with van der Waals surface area (Å²) in [6.07, 6.45) is -0.993. The fraction of sp³-hybridized carbons (Fsp3) is 0.357. The molecule has 1 aliphatic heterocycles. The Balaban J connectivity index is 1.23. The molecule has 0 amide bonds.